The van der Waals surface area contributed by atoms with Crippen LogP contribution in [0.25, 0.3) is 0 Å². The summed E-state index contributed by atoms with van der Waals surface area (Å²) in [6, 6.07) is 9.76. The topological polar surface area (TPSA) is 75.3 Å². The fraction of sp³-hybridized carbons (Fsp3) is 0.353. The van der Waals surface area contributed by atoms with Crippen LogP contribution in [0.3, 0.4) is 0 Å². The second kappa shape index (κ2) is 8.80. The van der Waals surface area contributed by atoms with Crippen LogP contribution in [-0.4, -0.2) is 26.9 Å². The Labute approximate surface area is 157 Å². The molecule has 136 valence electrons. The van der Waals surface area contributed by atoms with E-state index in [0.717, 1.165) is 16.9 Å². The molecule has 1 aromatic carbocycles. The van der Waals surface area contributed by atoms with Gasteiger partial charge in [-0.1, -0.05) is 49.7 Å². The molecular formula is C17H21ClN2O3S2. The Morgan fingerprint density at radius 1 is 1.20 bits per heavy atom. The summed E-state index contributed by atoms with van der Waals surface area (Å²) in [5.74, 6) is -0.530. The van der Waals surface area contributed by atoms with E-state index in [2.05, 4.69) is 10.0 Å². The Hall–Kier alpha value is -1.41. The van der Waals surface area contributed by atoms with Gasteiger partial charge in [0.05, 0.1) is 0 Å². The second-order valence-electron chi connectivity index (χ2n) is 5.91. The Morgan fingerprint density at radius 2 is 1.92 bits per heavy atom. The van der Waals surface area contributed by atoms with E-state index < -0.39 is 16.1 Å². The van der Waals surface area contributed by atoms with Crippen LogP contribution < -0.4 is 10.0 Å². The van der Waals surface area contributed by atoms with Crippen molar-refractivity contribution in [3.63, 3.8) is 0 Å². The average molecular weight is 401 g/mol. The average Bonchev–Trinajstić information content (AvgIpc) is 3.09. The first kappa shape index (κ1) is 19.9. The number of hydrogen-bond acceptors (Lipinski definition) is 4. The van der Waals surface area contributed by atoms with E-state index in [9.17, 15) is 13.2 Å². The minimum atomic E-state index is -3.70. The summed E-state index contributed by atoms with van der Waals surface area (Å²) >= 11 is 7.21. The summed E-state index contributed by atoms with van der Waals surface area (Å²) < 4.78 is 27.4. The maximum Gasteiger partial charge on any atom is 0.250 e. The number of rotatable bonds is 8. The first-order chi connectivity index (χ1) is 11.8. The molecule has 0 saturated carbocycles. The molecule has 2 rings (SSSR count). The van der Waals surface area contributed by atoms with Crippen LogP contribution in [0, 0.1) is 5.92 Å². The molecule has 1 atom stereocenters. The molecule has 25 heavy (non-hydrogen) atoms. The number of thiophene rings is 1. The third-order valence-electron chi connectivity index (χ3n) is 3.64. The smallest absolute Gasteiger partial charge is 0.250 e. The number of amides is 1. The van der Waals surface area contributed by atoms with Gasteiger partial charge in [0, 0.05) is 11.6 Å². The van der Waals surface area contributed by atoms with Gasteiger partial charge in [-0.25, -0.2) is 8.42 Å². The zero-order chi connectivity index (χ0) is 18.4. The predicted molar refractivity (Wildman–Crippen MR) is 101 cm³/mol. The lowest BCUT2D eigenvalue weighted by atomic mass is 10.0. The molecule has 0 aliphatic heterocycles. The summed E-state index contributed by atoms with van der Waals surface area (Å²) in [7, 11) is -3.70. The van der Waals surface area contributed by atoms with Gasteiger partial charge in [-0.05, 0) is 35.4 Å². The molecule has 0 aliphatic rings. The number of sulfonamides is 1. The normalized spacial score (nSPS) is 13.0. The van der Waals surface area contributed by atoms with Gasteiger partial charge in [-0.15, -0.1) is 11.3 Å². The highest BCUT2D eigenvalue weighted by molar-refractivity contribution is 7.91. The first-order valence-electron chi connectivity index (χ1n) is 7.88. The van der Waals surface area contributed by atoms with Gasteiger partial charge >= 0.3 is 0 Å². The van der Waals surface area contributed by atoms with Crippen molar-refractivity contribution in [3.8, 4) is 0 Å². The largest absolute Gasteiger partial charge is 0.354 e. The van der Waals surface area contributed by atoms with E-state index in [1.54, 1.807) is 31.4 Å². The molecule has 0 aliphatic carbocycles. The van der Waals surface area contributed by atoms with Crippen LogP contribution in [0.15, 0.2) is 46.0 Å². The van der Waals surface area contributed by atoms with Crippen LogP contribution in [0.4, 0.5) is 0 Å². The standard InChI is InChI=1S/C17H21ClN2O3S2/c1-12(2)16(20-25(22,23)15-8-5-11-24-15)17(21)19-10-9-13-6-3-4-7-14(13)18/h3-8,11-12,16,20H,9-10H2,1-2H3,(H,19,21)/t16-/m0/s1. The van der Waals surface area contributed by atoms with Crippen molar-refractivity contribution in [3.05, 3.63) is 52.4 Å². The maximum atomic E-state index is 12.4. The summed E-state index contributed by atoms with van der Waals surface area (Å²) in [6.45, 7) is 3.98. The molecule has 2 aromatic rings. The highest BCUT2D eigenvalue weighted by atomic mass is 35.5. The lowest BCUT2D eigenvalue weighted by Gasteiger charge is -2.21. The third kappa shape index (κ3) is 5.54. The lowest BCUT2D eigenvalue weighted by molar-refractivity contribution is -0.123. The third-order valence-corrected chi connectivity index (χ3v) is 6.85. The van der Waals surface area contributed by atoms with Crippen molar-refractivity contribution in [2.24, 2.45) is 5.92 Å². The highest BCUT2D eigenvalue weighted by Crippen LogP contribution is 2.18. The fourth-order valence-corrected chi connectivity index (χ4v) is 4.85. The van der Waals surface area contributed by atoms with Gasteiger partial charge in [0.25, 0.3) is 10.0 Å². The van der Waals surface area contributed by atoms with Crippen LogP contribution in [0.2, 0.25) is 5.02 Å². The van der Waals surface area contributed by atoms with Crippen LogP contribution in [0.1, 0.15) is 19.4 Å². The summed E-state index contributed by atoms with van der Waals surface area (Å²) in [4.78, 5) is 12.4. The van der Waals surface area contributed by atoms with Gasteiger partial charge in [-0.3, -0.25) is 4.79 Å². The SMILES string of the molecule is CC(C)[C@H](NS(=O)(=O)c1cccs1)C(=O)NCCc1ccccc1Cl. The molecule has 2 N–H and O–H groups in total. The fourth-order valence-electron chi connectivity index (χ4n) is 2.27. The maximum absolute atomic E-state index is 12.4. The number of nitrogens with one attached hydrogen (secondary N) is 2. The van der Waals surface area contributed by atoms with E-state index in [4.69, 9.17) is 11.6 Å². The summed E-state index contributed by atoms with van der Waals surface area (Å²) in [5, 5.41) is 5.12. The van der Waals surface area contributed by atoms with E-state index in [-0.39, 0.29) is 16.0 Å². The molecule has 0 radical (unpaired) electrons. The number of hydrogen-bond donors (Lipinski definition) is 2. The molecule has 5 nitrogen and oxygen atoms in total. The predicted octanol–water partition coefficient (Wildman–Crippen LogP) is 3.06. The Morgan fingerprint density at radius 3 is 2.52 bits per heavy atom. The van der Waals surface area contributed by atoms with Crippen molar-refractivity contribution in [1.82, 2.24) is 10.0 Å². The molecule has 8 heteroatoms. The zero-order valence-corrected chi connectivity index (χ0v) is 16.4. The van der Waals surface area contributed by atoms with Crippen molar-refractivity contribution in [1.29, 1.82) is 0 Å². The van der Waals surface area contributed by atoms with Crippen molar-refractivity contribution in [2.45, 2.75) is 30.5 Å². The molecule has 1 aromatic heterocycles. The molecule has 0 spiro atoms. The van der Waals surface area contributed by atoms with Gasteiger partial charge < -0.3 is 5.32 Å². The first-order valence-corrected chi connectivity index (χ1v) is 10.6. The molecule has 0 unspecified atom stereocenters. The molecular weight excluding hydrogens is 380 g/mol. The molecule has 0 fully saturated rings. The molecule has 0 saturated heterocycles. The minimum Gasteiger partial charge on any atom is -0.354 e. The molecule has 1 amide bonds. The number of benzene rings is 1. The van der Waals surface area contributed by atoms with E-state index in [0.29, 0.717) is 18.0 Å². The Bertz CT molecular complexity index is 805. The van der Waals surface area contributed by atoms with Crippen LogP contribution in [-0.2, 0) is 21.2 Å². The van der Waals surface area contributed by atoms with Gasteiger partial charge in [0.1, 0.15) is 10.3 Å². The van der Waals surface area contributed by atoms with Gasteiger partial charge in [0.2, 0.25) is 5.91 Å². The van der Waals surface area contributed by atoms with E-state index in [1.807, 2.05) is 18.2 Å². The number of carbonyl (C=O) groups is 1. The van der Waals surface area contributed by atoms with Crippen molar-refractivity contribution in [2.75, 3.05) is 6.54 Å². The van der Waals surface area contributed by atoms with E-state index >= 15 is 0 Å². The van der Waals surface area contributed by atoms with Crippen molar-refractivity contribution < 1.29 is 13.2 Å². The monoisotopic (exact) mass is 400 g/mol. The quantitative estimate of drug-likeness (QED) is 0.715. The summed E-state index contributed by atoms with van der Waals surface area (Å²) in [6.07, 6.45) is 0.577. The van der Waals surface area contributed by atoms with Gasteiger partial charge in [-0.2, -0.15) is 4.72 Å². The number of carbonyl (C=O) groups excluding carboxylic acids is 1. The summed E-state index contributed by atoms with van der Waals surface area (Å²) in [5.41, 5.74) is 0.935. The number of halogens is 1. The zero-order valence-electron chi connectivity index (χ0n) is 14.0. The molecule has 1 heterocycles. The lowest BCUT2D eigenvalue weighted by Crippen LogP contribution is -2.49. The van der Waals surface area contributed by atoms with Crippen LogP contribution >= 0.6 is 22.9 Å². The Balaban J connectivity index is 1.98. The minimum absolute atomic E-state index is 0.185. The van der Waals surface area contributed by atoms with Gasteiger partial charge in [0.15, 0.2) is 0 Å². The van der Waals surface area contributed by atoms with E-state index in [1.165, 1.54) is 6.07 Å². The van der Waals surface area contributed by atoms with Crippen molar-refractivity contribution >= 4 is 38.9 Å². The second-order valence-corrected chi connectivity index (χ2v) is 9.20. The highest BCUT2D eigenvalue weighted by Gasteiger charge is 2.28. The Kier molecular flexibility index (Phi) is 7.01. The van der Waals surface area contributed by atoms with Crippen LogP contribution in [0.5, 0.6) is 0 Å². The molecule has 0 bridgehead atoms.